The minimum atomic E-state index is -0.686. The average molecular weight is 529 g/mol. The Labute approximate surface area is 213 Å². The van der Waals surface area contributed by atoms with Crippen LogP contribution >= 0.6 is 22.9 Å². The number of amides is 2. The first-order valence-electron chi connectivity index (χ1n) is 11.1. The molecule has 0 radical (unpaired) electrons. The molecule has 8 nitrogen and oxygen atoms in total. The van der Waals surface area contributed by atoms with Crippen LogP contribution in [0.15, 0.2) is 69.6 Å². The van der Waals surface area contributed by atoms with Gasteiger partial charge in [-0.3, -0.25) is 23.5 Å². The fourth-order valence-electron chi connectivity index (χ4n) is 3.66. The summed E-state index contributed by atoms with van der Waals surface area (Å²) in [4.78, 5) is 50.9. The fraction of sp³-hybridized carbons (Fsp3) is 0.200. The second-order valence-corrected chi connectivity index (χ2v) is 9.34. The number of nitrogens with one attached hydrogen (secondary N) is 2. The van der Waals surface area contributed by atoms with Crippen molar-refractivity contribution in [2.24, 2.45) is 0 Å². The molecule has 0 saturated heterocycles. The lowest BCUT2D eigenvalue weighted by atomic mass is 10.1. The molecule has 11 heteroatoms. The van der Waals surface area contributed by atoms with E-state index in [0.717, 1.165) is 21.5 Å². The van der Waals surface area contributed by atoms with Gasteiger partial charge in [-0.2, -0.15) is 0 Å². The molecular weight excluding hydrogens is 507 g/mol. The van der Waals surface area contributed by atoms with Gasteiger partial charge in [0, 0.05) is 30.2 Å². The highest BCUT2D eigenvalue weighted by Gasteiger charge is 2.17. The maximum Gasteiger partial charge on any atom is 0.332 e. The van der Waals surface area contributed by atoms with Gasteiger partial charge < -0.3 is 10.6 Å². The van der Waals surface area contributed by atoms with Crippen molar-refractivity contribution in [1.29, 1.82) is 0 Å². The van der Waals surface area contributed by atoms with E-state index in [4.69, 9.17) is 11.6 Å². The SMILES string of the molecule is O=C(CCn1c(=O)c2sccc2n(CC(=O)Nc2ccc(F)cc2)c1=O)NCCc1ccc(Cl)cc1. The molecule has 0 atom stereocenters. The zero-order chi connectivity index (χ0) is 25.7. The lowest BCUT2D eigenvalue weighted by Gasteiger charge is -2.12. The number of carbonyl (C=O) groups excluding carboxylic acids is 2. The van der Waals surface area contributed by atoms with E-state index in [1.54, 1.807) is 23.6 Å². The van der Waals surface area contributed by atoms with Crippen LogP contribution in [0.3, 0.4) is 0 Å². The molecule has 186 valence electrons. The van der Waals surface area contributed by atoms with Crippen LogP contribution in [0.25, 0.3) is 10.2 Å². The third-order valence-electron chi connectivity index (χ3n) is 5.48. The first-order valence-corrected chi connectivity index (χ1v) is 12.3. The highest BCUT2D eigenvalue weighted by Crippen LogP contribution is 2.16. The van der Waals surface area contributed by atoms with Gasteiger partial charge in [0.15, 0.2) is 0 Å². The molecule has 2 aromatic carbocycles. The van der Waals surface area contributed by atoms with Gasteiger partial charge in [-0.1, -0.05) is 23.7 Å². The van der Waals surface area contributed by atoms with Gasteiger partial charge in [0.05, 0.1) is 5.52 Å². The van der Waals surface area contributed by atoms with Gasteiger partial charge in [0.2, 0.25) is 11.8 Å². The molecule has 4 rings (SSSR count). The van der Waals surface area contributed by atoms with E-state index in [2.05, 4.69) is 10.6 Å². The van der Waals surface area contributed by atoms with E-state index >= 15 is 0 Å². The summed E-state index contributed by atoms with van der Waals surface area (Å²) < 4.78 is 15.6. The number of anilines is 1. The molecule has 0 spiro atoms. The molecule has 4 aromatic rings. The van der Waals surface area contributed by atoms with Crippen molar-refractivity contribution in [2.75, 3.05) is 11.9 Å². The molecular formula is C25H22ClFN4O4S. The predicted octanol–water partition coefficient (Wildman–Crippen LogP) is 3.40. The Morgan fingerprint density at radius 1 is 0.944 bits per heavy atom. The molecule has 2 heterocycles. The maximum absolute atomic E-state index is 13.1. The summed E-state index contributed by atoms with van der Waals surface area (Å²) in [5.41, 5.74) is 0.539. The number of thiophene rings is 1. The summed E-state index contributed by atoms with van der Waals surface area (Å²) in [6, 6.07) is 14.1. The Balaban J connectivity index is 1.44. The van der Waals surface area contributed by atoms with Gasteiger partial charge >= 0.3 is 5.69 Å². The second kappa shape index (κ2) is 11.3. The Morgan fingerprint density at radius 3 is 2.39 bits per heavy atom. The van der Waals surface area contributed by atoms with Crippen molar-refractivity contribution in [3.05, 3.63) is 97.2 Å². The molecule has 36 heavy (non-hydrogen) atoms. The Bertz CT molecular complexity index is 1510. The van der Waals surface area contributed by atoms with Crippen molar-refractivity contribution in [2.45, 2.75) is 25.9 Å². The van der Waals surface area contributed by atoms with Crippen LogP contribution in [0.4, 0.5) is 10.1 Å². The topological polar surface area (TPSA) is 102 Å². The molecule has 0 saturated carbocycles. The number of nitrogens with zero attached hydrogens (tertiary/aromatic N) is 2. The third kappa shape index (κ3) is 6.07. The van der Waals surface area contributed by atoms with Crippen LogP contribution in [0.5, 0.6) is 0 Å². The highest BCUT2D eigenvalue weighted by molar-refractivity contribution is 7.17. The smallest absolute Gasteiger partial charge is 0.332 e. The van der Waals surface area contributed by atoms with Crippen molar-refractivity contribution in [1.82, 2.24) is 14.5 Å². The molecule has 0 aliphatic rings. The van der Waals surface area contributed by atoms with Crippen LogP contribution in [0, 0.1) is 5.82 Å². The van der Waals surface area contributed by atoms with Gasteiger partial charge in [-0.25, -0.2) is 9.18 Å². The van der Waals surface area contributed by atoms with Crippen LogP contribution in [-0.4, -0.2) is 27.5 Å². The van der Waals surface area contributed by atoms with E-state index in [1.165, 1.54) is 28.8 Å². The van der Waals surface area contributed by atoms with E-state index in [0.29, 0.717) is 33.9 Å². The number of hydrogen-bond acceptors (Lipinski definition) is 5. The summed E-state index contributed by atoms with van der Waals surface area (Å²) >= 11 is 7.03. The van der Waals surface area contributed by atoms with Crippen LogP contribution in [0.1, 0.15) is 12.0 Å². The number of hydrogen-bond donors (Lipinski definition) is 2. The zero-order valence-corrected chi connectivity index (χ0v) is 20.6. The number of fused-ring (bicyclic) bond motifs is 1. The Kier molecular flexibility index (Phi) is 7.97. The lowest BCUT2D eigenvalue weighted by Crippen LogP contribution is -2.42. The standard InChI is InChI=1S/C25H22ClFN4O4S/c26-17-3-1-16(2-4-17)9-12-28-21(32)10-13-30-24(34)23-20(11-14-36-23)31(25(30)35)15-22(33)29-19-7-5-18(27)6-8-19/h1-8,11,14H,9-10,12-13,15H2,(H,28,32)(H,29,33). The molecule has 0 aliphatic carbocycles. The molecule has 2 aromatic heterocycles. The van der Waals surface area contributed by atoms with Crippen molar-refractivity contribution >= 4 is 50.7 Å². The summed E-state index contributed by atoms with van der Waals surface area (Å²) in [6.45, 7) is -0.0814. The van der Waals surface area contributed by atoms with Crippen LogP contribution in [-0.2, 0) is 29.1 Å². The fourth-order valence-corrected chi connectivity index (χ4v) is 4.63. The molecule has 2 N–H and O–H groups in total. The first kappa shape index (κ1) is 25.3. The quantitative estimate of drug-likeness (QED) is 0.347. The molecule has 2 amide bonds. The summed E-state index contributed by atoms with van der Waals surface area (Å²) in [5, 5.41) is 7.68. The van der Waals surface area contributed by atoms with Crippen molar-refractivity contribution in [3.8, 4) is 0 Å². The molecule has 0 fully saturated rings. The summed E-state index contributed by atoms with van der Waals surface area (Å²) in [7, 11) is 0. The highest BCUT2D eigenvalue weighted by atomic mass is 35.5. The minimum Gasteiger partial charge on any atom is -0.356 e. The summed E-state index contributed by atoms with van der Waals surface area (Å²) in [5.74, 6) is -1.26. The zero-order valence-electron chi connectivity index (χ0n) is 19.0. The van der Waals surface area contributed by atoms with E-state index in [-0.39, 0.29) is 25.4 Å². The van der Waals surface area contributed by atoms with Crippen LogP contribution < -0.4 is 21.9 Å². The maximum atomic E-state index is 13.1. The summed E-state index contributed by atoms with van der Waals surface area (Å²) in [6.07, 6.45) is 0.536. The molecule has 0 aliphatic heterocycles. The van der Waals surface area contributed by atoms with Gasteiger partial charge in [0.25, 0.3) is 5.56 Å². The number of rotatable bonds is 9. The number of halogens is 2. The minimum absolute atomic E-state index is 0.0750. The van der Waals surface area contributed by atoms with E-state index < -0.39 is 23.0 Å². The number of carbonyl (C=O) groups is 2. The predicted molar refractivity (Wildman–Crippen MR) is 138 cm³/mol. The third-order valence-corrected chi connectivity index (χ3v) is 6.62. The Morgan fingerprint density at radius 2 is 1.67 bits per heavy atom. The van der Waals surface area contributed by atoms with Crippen LogP contribution in [0.2, 0.25) is 5.02 Å². The second-order valence-electron chi connectivity index (χ2n) is 7.99. The molecule has 0 bridgehead atoms. The van der Waals surface area contributed by atoms with Crippen molar-refractivity contribution in [3.63, 3.8) is 0 Å². The normalized spacial score (nSPS) is 10.9. The van der Waals surface area contributed by atoms with Gasteiger partial charge in [-0.05, 0) is 59.8 Å². The monoisotopic (exact) mass is 528 g/mol. The van der Waals surface area contributed by atoms with Gasteiger partial charge in [-0.15, -0.1) is 11.3 Å². The van der Waals surface area contributed by atoms with E-state index in [1.807, 2.05) is 12.1 Å². The largest absolute Gasteiger partial charge is 0.356 e. The Hall–Kier alpha value is -3.76. The van der Waals surface area contributed by atoms with Crippen molar-refractivity contribution < 1.29 is 14.0 Å². The number of aromatic nitrogens is 2. The van der Waals surface area contributed by atoms with Gasteiger partial charge in [0.1, 0.15) is 17.1 Å². The number of benzene rings is 2. The molecule has 0 unspecified atom stereocenters. The first-order chi connectivity index (χ1) is 17.3. The van der Waals surface area contributed by atoms with E-state index in [9.17, 15) is 23.6 Å². The lowest BCUT2D eigenvalue weighted by molar-refractivity contribution is -0.121. The average Bonchev–Trinajstić information content (AvgIpc) is 3.35.